The summed E-state index contributed by atoms with van der Waals surface area (Å²) in [5.41, 5.74) is 7.06. The number of hydrogen-bond acceptors (Lipinski definition) is 8. The first-order chi connectivity index (χ1) is 20.6. The number of nitrogens with zero attached hydrogens (tertiary/aromatic N) is 3. The summed E-state index contributed by atoms with van der Waals surface area (Å²) < 4.78 is 79.5. The number of anilines is 2. The van der Waals surface area contributed by atoms with Crippen molar-refractivity contribution in [3.63, 3.8) is 0 Å². The topological polar surface area (TPSA) is 145 Å². The number of fused-ring (bicyclic) bond motifs is 2. The van der Waals surface area contributed by atoms with E-state index in [0.717, 1.165) is 36.2 Å². The Labute approximate surface area is 246 Å². The molecule has 5 rings (SSSR count). The van der Waals surface area contributed by atoms with E-state index in [1.54, 1.807) is 6.20 Å². The number of methoxy groups -OCH3 is 1. The predicted octanol–water partition coefficient (Wildman–Crippen LogP) is 5.85. The second-order valence-electron chi connectivity index (χ2n) is 9.17. The van der Waals surface area contributed by atoms with Crippen molar-refractivity contribution in [2.75, 3.05) is 43.2 Å². The fraction of sp³-hybridized carbons (Fsp3) is 0.276. The summed E-state index contributed by atoms with van der Waals surface area (Å²) in [6.07, 6.45) is 1.38. The van der Waals surface area contributed by atoms with E-state index in [9.17, 15) is 17.2 Å². The van der Waals surface area contributed by atoms with E-state index in [1.807, 2.05) is 36.8 Å². The van der Waals surface area contributed by atoms with Crippen molar-refractivity contribution >= 4 is 43.3 Å². The lowest BCUT2D eigenvalue weighted by molar-refractivity contribution is 0.162. The average molecular weight is 617 g/mol. The molecule has 228 valence electrons. The van der Waals surface area contributed by atoms with Gasteiger partial charge in [0.2, 0.25) is 10.0 Å². The number of nitrogen functional groups attached to an aromatic ring is 1. The fourth-order valence-corrected chi connectivity index (χ4v) is 5.45. The average Bonchev–Trinajstić information content (AvgIpc) is 3.47. The Hall–Kier alpha value is -4.43. The zero-order valence-corrected chi connectivity index (χ0v) is 24.6. The Kier molecular flexibility index (Phi) is 10.0. The Morgan fingerprint density at radius 2 is 1.81 bits per heavy atom. The van der Waals surface area contributed by atoms with Crippen LogP contribution in [0.2, 0.25) is 0 Å². The largest absolute Gasteiger partial charge is 0.494 e. The highest BCUT2D eigenvalue weighted by Gasteiger charge is 2.22. The number of H-pyrrole nitrogens is 1. The molecule has 0 saturated carbocycles. The molecule has 0 radical (unpaired) electrons. The summed E-state index contributed by atoms with van der Waals surface area (Å²) in [6.45, 7) is 4.82. The van der Waals surface area contributed by atoms with Crippen molar-refractivity contribution in [1.82, 2.24) is 20.2 Å². The Morgan fingerprint density at radius 3 is 2.49 bits per heavy atom. The van der Waals surface area contributed by atoms with Gasteiger partial charge in [-0.2, -0.15) is 5.10 Å². The Bertz CT molecular complexity index is 1850. The first-order valence-electron chi connectivity index (χ1n) is 13.3. The number of nitrogens with one attached hydrogen (secondary N) is 2. The molecule has 3 aromatic carbocycles. The molecule has 0 unspecified atom stereocenters. The zero-order valence-electron chi connectivity index (χ0n) is 23.7. The number of aromatic amines is 1. The molecule has 0 aliphatic carbocycles. The van der Waals surface area contributed by atoms with Gasteiger partial charge in [-0.1, -0.05) is 12.1 Å². The minimum absolute atomic E-state index is 0.0224. The fourth-order valence-electron chi connectivity index (χ4n) is 4.37. The van der Waals surface area contributed by atoms with E-state index < -0.39 is 45.3 Å². The van der Waals surface area contributed by atoms with Crippen LogP contribution in [0.5, 0.6) is 5.75 Å². The van der Waals surface area contributed by atoms with Gasteiger partial charge in [-0.3, -0.25) is 14.2 Å². The van der Waals surface area contributed by atoms with Gasteiger partial charge in [0.1, 0.15) is 22.9 Å². The molecule has 0 saturated heterocycles. The first kappa shape index (κ1) is 31.5. The smallest absolute Gasteiger partial charge is 0.232 e. The number of ether oxygens (including phenoxy) is 2. The maximum Gasteiger partial charge on any atom is 0.232 e. The van der Waals surface area contributed by atoms with Gasteiger partial charge in [0.25, 0.3) is 0 Å². The van der Waals surface area contributed by atoms with Gasteiger partial charge in [0.05, 0.1) is 42.5 Å². The molecule has 0 aliphatic rings. The minimum atomic E-state index is -4.05. The van der Waals surface area contributed by atoms with Gasteiger partial charge in [-0.05, 0) is 56.2 Å². The van der Waals surface area contributed by atoms with E-state index in [1.165, 1.54) is 19.2 Å². The van der Waals surface area contributed by atoms with Gasteiger partial charge in [-0.25, -0.2) is 27.2 Å². The second-order valence-corrected chi connectivity index (χ2v) is 11.0. The van der Waals surface area contributed by atoms with Gasteiger partial charge >= 0.3 is 0 Å². The molecule has 0 aliphatic heterocycles. The Balaban J connectivity index is 0.000000782. The maximum atomic E-state index is 15.5. The molecule has 0 fully saturated rings. The van der Waals surface area contributed by atoms with Crippen molar-refractivity contribution < 1.29 is 31.1 Å². The predicted molar refractivity (Wildman–Crippen MR) is 161 cm³/mol. The van der Waals surface area contributed by atoms with Gasteiger partial charge < -0.3 is 15.2 Å². The Morgan fingerprint density at radius 1 is 1.05 bits per heavy atom. The summed E-state index contributed by atoms with van der Waals surface area (Å²) in [6, 6.07) is 10.1. The van der Waals surface area contributed by atoms with E-state index in [2.05, 4.69) is 20.2 Å². The van der Waals surface area contributed by atoms with Crippen LogP contribution in [0, 0.1) is 11.6 Å². The summed E-state index contributed by atoms with van der Waals surface area (Å²) in [5.74, 6) is -2.15. The minimum Gasteiger partial charge on any atom is -0.494 e. The van der Waals surface area contributed by atoms with Crippen LogP contribution in [0.4, 0.5) is 24.7 Å². The molecular formula is C29H31F3N6O4S. The molecule has 0 amide bonds. The standard InChI is InChI=1S/C25H21F3N6O3S.C4H10O/c1-37-20-11-13(21-17(27)6-7-19(22(21)28)34-38(35,36)9-3-8-26)10-15-23(20)31-25(32-24(15)29)14-4-2-5-18-16(14)12-30-33-18;1-3-5-4-2/h2,4-7,10-12,34H,3,8-9H2,1H3,(H,30,33)(H2,29,31,32);3-4H2,1-2H3. The van der Waals surface area contributed by atoms with Crippen LogP contribution < -0.4 is 15.2 Å². The van der Waals surface area contributed by atoms with E-state index in [0.29, 0.717) is 16.9 Å². The van der Waals surface area contributed by atoms with Crippen molar-refractivity contribution in [3.05, 3.63) is 60.3 Å². The lowest BCUT2D eigenvalue weighted by Crippen LogP contribution is -2.18. The molecule has 10 nitrogen and oxygen atoms in total. The summed E-state index contributed by atoms with van der Waals surface area (Å²) in [5, 5.41) is 7.97. The highest BCUT2D eigenvalue weighted by atomic mass is 32.2. The number of benzene rings is 3. The summed E-state index contributed by atoms with van der Waals surface area (Å²) >= 11 is 0. The summed E-state index contributed by atoms with van der Waals surface area (Å²) in [7, 11) is -2.68. The van der Waals surface area contributed by atoms with Crippen LogP contribution in [0.25, 0.3) is 44.3 Å². The number of sulfonamides is 1. The lowest BCUT2D eigenvalue weighted by atomic mass is 10.0. The maximum absolute atomic E-state index is 15.5. The van der Waals surface area contributed by atoms with Crippen molar-refractivity contribution in [2.45, 2.75) is 20.3 Å². The summed E-state index contributed by atoms with van der Waals surface area (Å²) in [4.78, 5) is 9.02. The molecule has 43 heavy (non-hydrogen) atoms. The molecule has 14 heteroatoms. The number of rotatable bonds is 10. The third kappa shape index (κ3) is 6.97. The second kappa shape index (κ2) is 13.7. The van der Waals surface area contributed by atoms with Crippen molar-refractivity contribution in [2.24, 2.45) is 0 Å². The number of alkyl halides is 1. The first-order valence-corrected chi connectivity index (χ1v) is 15.0. The van der Waals surface area contributed by atoms with E-state index in [-0.39, 0.29) is 28.9 Å². The number of hydrogen-bond donors (Lipinski definition) is 3. The third-order valence-corrected chi connectivity index (χ3v) is 7.70. The highest BCUT2D eigenvalue weighted by Crippen LogP contribution is 2.39. The molecule has 5 aromatic rings. The quantitative estimate of drug-likeness (QED) is 0.177. The van der Waals surface area contributed by atoms with Crippen molar-refractivity contribution in [3.8, 4) is 28.3 Å². The zero-order chi connectivity index (χ0) is 31.1. The van der Waals surface area contributed by atoms with Crippen molar-refractivity contribution in [1.29, 1.82) is 0 Å². The van der Waals surface area contributed by atoms with Crippen LogP contribution in [0.1, 0.15) is 20.3 Å². The highest BCUT2D eigenvalue weighted by molar-refractivity contribution is 7.92. The molecule has 4 N–H and O–H groups in total. The molecule has 2 heterocycles. The number of halogens is 3. The molecular weight excluding hydrogens is 585 g/mol. The number of aromatic nitrogens is 4. The number of nitrogens with two attached hydrogens (primary N) is 1. The molecule has 0 atom stereocenters. The van der Waals surface area contributed by atoms with E-state index in [4.69, 9.17) is 15.2 Å². The normalized spacial score (nSPS) is 11.4. The molecule has 0 bridgehead atoms. The van der Waals surface area contributed by atoms with Gasteiger partial charge in [-0.15, -0.1) is 0 Å². The third-order valence-electron chi connectivity index (χ3n) is 6.34. The van der Waals surface area contributed by atoms with Gasteiger partial charge in [0.15, 0.2) is 11.6 Å². The van der Waals surface area contributed by atoms with Crippen LogP contribution in [0.3, 0.4) is 0 Å². The van der Waals surface area contributed by atoms with E-state index >= 15 is 4.39 Å². The lowest BCUT2D eigenvalue weighted by Gasteiger charge is -2.15. The van der Waals surface area contributed by atoms with Crippen LogP contribution >= 0.6 is 0 Å². The molecule has 2 aromatic heterocycles. The van der Waals surface area contributed by atoms with Crippen LogP contribution in [-0.4, -0.2) is 61.3 Å². The molecule has 0 spiro atoms. The van der Waals surface area contributed by atoms with Crippen LogP contribution in [0.15, 0.2) is 48.7 Å². The SMILES string of the molecule is CCOCC.COc1cc(-c2c(F)ccc(NS(=O)(=O)CCCF)c2F)cc2c(N)nc(-c3cccc4[nH]ncc34)nc12. The van der Waals surface area contributed by atoms with Crippen LogP contribution in [-0.2, 0) is 14.8 Å². The monoisotopic (exact) mass is 616 g/mol. The van der Waals surface area contributed by atoms with Gasteiger partial charge in [0, 0.05) is 29.5 Å².